The van der Waals surface area contributed by atoms with Crippen molar-refractivity contribution in [3.05, 3.63) is 29.6 Å². The molecule has 0 aliphatic carbocycles. The Bertz CT molecular complexity index is 447. The summed E-state index contributed by atoms with van der Waals surface area (Å²) in [5, 5.41) is 11.2. The molecule has 1 amide bonds. The first-order valence-electron chi connectivity index (χ1n) is 4.82. The van der Waals surface area contributed by atoms with Crippen LogP contribution in [0.2, 0.25) is 0 Å². The molecule has 1 aromatic carbocycles. The van der Waals surface area contributed by atoms with Crippen LogP contribution < -0.4 is 5.32 Å². The number of carbonyl (C=O) groups excluding carboxylic acids is 1. The normalized spacial score (nSPS) is 11.9. The van der Waals surface area contributed by atoms with Gasteiger partial charge in [0.1, 0.15) is 11.9 Å². The van der Waals surface area contributed by atoms with E-state index in [1.54, 1.807) is 0 Å². The fourth-order valence-electron chi connectivity index (χ4n) is 1.14. The number of aromatic carboxylic acids is 1. The molecule has 0 aliphatic heterocycles. The highest BCUT2D eigenvalue weighted by atomic mass is 19.1. The van der Waals surface area contributed by atoms with Crippen molar-refractivity contribution in [2.24, 2.45) is 0 Å². The summed E-state index contributed by atoms with van der Waals surface area (Å²) in [5.41, 5.74) is -0.269. The first kappa shape index (κ1) is 13.1. The quantitative estimate of drug-likeness (QED) is 0.837. The van der Waals surface area contributed by atoms with E-state index < -0.39 is 23.8 Å². The molecular formula is C11H12FNO4. The van der Waals surface area contributed by atoms with E-state index >= 15 is 0 Å². The largest absolute Gasteiger partial charge is 0.478 e. The minimum atomic E-state index is -1.31. The molecular weight excluding hydrogens is 229 g/mol. The Morgan fingerprint density at radius 2 is 2.12 bits per heavy atom. The topological polar surface area (TPSA) is 75.6 Å². The van der Waals surface area contributed by atoms with Gasteiger partial charge in [0.2, 0.25) is 0 Å². The lowest BCUT2D eigenvalue weighted by molar-refractivity contribution is -0.124. The van der Waals surface area contributed by atoms with E-state index in [0.717, 1.165) is 12.1 Å². The number of anilines is 1. The van der Waals surface area contributed by atoms with E-state index in [2.05, 4.69) is 5.32 Å². The van der Waals surface area contributed by atoms with Gasteiger partial charge in [-0.3, -0.25) is 4.79 Å². The lowest BCUT2D eigenvalue weighted by atomic mass is 10.1. The summed E-state index contributed by atoms with van der Waals surface area (Å²) < 4.78 is 17.6. The van der Waals surface area contributed by atoms with E-state index in [-0.39, 0.29) is 11.3 Å². The van der Waals surface area contributed by atoms with E-state index in [1.807, 2.05) is 0 Å². The van der Waals surface area contributed by atoms with E-state index in [0.29, 0.717) is 0 Å². The van der Waals surface area contributed by atoms with Crippen LogP contribution in [0.15, 0.2) is 18.2 Å². The predicted molar refractivity (Wildman–Crippen MR) is 58.5 cm³/mol. The third-order valence-electron chi connectivity index (χ3n) is 2.19. The Morgan fingerprint density at radius 1 is 1.47 bits per heavy atom. The van der Waals surface area contributed by atoms with E-state index in [4.69, 9.17) is 9.84 Å². The minimum absolute atomic E-state index is 0.0350. The molecule has 6 heteroatoms. The molecule has 0 fully saturated rings. The molecule has 1 unspecified atom stereocenters. The highest BCUT2D eigenvalue weighted by Crippen LogP contribution is 2.17. The van der Waals surface area contributed by atoms with Crippen molar-refractivity contribution in [1.82, 2.24) is 0 Å². The number of halogens is 1. The van der Waals surface area contributed by atoms with Gasteiger partial charge in [-0.15, -0.1) is 0 Å². The number of hydrogen-bond donors (Lipinski definition) is 2. The standard InChI is InChI=1S/C11H12FNO4/c1-6(17-2)10(14)13-9-4-3-7(12)5-8(9)11(15)16/h3-6H,1-2H3,(H,13,14)(H,15,16). The van der Waals surface area contributed by atoms with Crippen molar-refractivity contribution in [2.75, 3.05) is 12.4 Å². The van der Waals surface area contributed by atoms with Gasteiger partial charge >= 0.3 is 5.97 Å². The number of carbonyl (C=O) groups is 2. The first-order valence-corrected chi connectivity index (χ1v) is 4.82. The number of carboxylic acids is 1. The van der Waals surface area contributed by atoms with Gasteiger partial charge in [-0.05, 0) is 25.1 Å². The molecule has 0 aliphatic rings. The molecule has 0 spiro atoms. The number of carboxylic acid groups (broad SMARTS) is 1. The van der Waals surface area contributed by atoms with Crippen LogP contribution in [0.25, 0.3) is 0 Å². The Hall–Kier alpha value is -1.95. The molecule has 0 heterocycles. The predicted octanol–water partition coefficient (Wildman–Crippen LogP) is 1.50. The molecule has 92 valence electrons. The lowest BCUT2D eigenvalue weighted by Gasteiger charge is -2.12. The van der Waals surface area contributed by atoms with Gasteiger partial charge in [0.25, 0.3) is 5.91 Å². The van der Waals surface area contributed by atoms with Crippen molar-refractivity contribution >= 4 is 17.6 Å². The smallest absolute Gasteiger partial charge is 0.337 e. The molecule has 2 N–H and O–H groups in total. The molecule has 0 radical (unpaired) electrons. The molecule has 0 aromatic heterocycles. The van der Waals surface area contributed by atoms with Crippen LogP contribution in [0.4, 0.5) is 10.1 Å². The average Bonchev–Trinajstić information content (AvgIpc) is 2.29. The van der Waals surface area contributed by atoms with Crippen LogP contribution in [0.5, 0.6) is 0 Å². The Morgan fingerprint density at radius 3 is 2.65 bits per heavy atom. The van der Waals surface area contributed by atoms with Gasteiger partial charge in [-0.25, -0.2) is 9.18 Å². The number of ether oxygens (including phenoxy) is 1. The zero-order chi connectivity index (χ0) is 13.0. The van der Waals surface area contributed by atoms with Crippen LogP contribution in [-0.2, 0) is 9.53 Å². The van der Waals surface area contributed by atoms with Crippen LogP contribution in [0, 0.1) is 5.82 Å². The second-order valence-electron chi connectivity index (χ2n) is 3.36. The second-order valence-corrected chi connectivity index (χ2v) is 3.36. The highest BCUT2D eigenvalue weighted by molar-refractivity contribution is 6.01. The number of hydrogen-bond acceptors (Lipinski definition) is 3. The molecule has 1 aromatic rings. The Kier molecular flexibility index (Phi) is 4.17. The lowest BCUT2D eigenvalue weighted by Crippen LogP contribution is -2.27. The molecule has 5 nitrogen and oxygen atoms in total. The van der Waals surface area contributed by atoms with Crippen molar-refractivity contribution in [3.8, 4) is 0 Å². The zero-order valence-electron chi connectivity index (χ0n) is 9.36. The minimum Gasteiger partial charge on any atom is -0.478 e. The summed E-state index contributed by atoms with van der Waals surface area (Å²) in [5.74, 6) is -2.49. The maximum absolute atomic E-state index is 12.9. The monoisotopic (exact) mass is 241 g/mol. The number of nitrogens with one attached hydrogen (secondary N) is 1. The first-order chi connectivity index (χ1) is 7.95. The van der Waals surface area contributed by atoms with Crippen molar-refractivity contribution in [2.45, 2.75) is 13.0 Å². The third-order valence-corrected chi connectivity index (χ3v) is 2.19. The Balaban J connectivity index is 2.98. The van der Waals surface area contributed by atoms with Gasteiger partial charge in [-0.2, -0.15) is 0 Å². The number of rotatable bonds is 4. The molecule has 1 atom stereocenters. The maximum atomic E-state index is 12.9. The van der Waals surface area contributed by atoms with E-state index in [9.17, 15) is 14.0 Å². The van der Waals surface area contributed by atoms with Crippen LogP contribution in [0.3, 0.4) is 0 Å². The SMILES string of the molecule is COC(C)C(=O)Nc1ccc(F)cc1C(=O)O. The summed E-state index contributed by atoms with van der Waals surface area (Å²) >= 11 is 0. The average molecular weight is 241 g/mol. The van der Waals surface area contributed by atoms with Crippen LogP contribution >= 0.6 is 0 Å². The van der Waals surface area contributed by atoms with E-state index in [1.165, 1.54) is 20.1 Å². The second kappa shape index (κ2) is 5.40. The summed E-state index contributed by atoms with van der Waals surface area (Å²) in [4.78, 5) is 22.3. The maximum Gasteiger partial charge on any atom is 0.337 e. The summed E-state index contributed by atoms with van der Waals surface area (Å²) in [6.07, 6.45) is -0.721. The third kappa shape index (κ3) is 3.25. The number of amides is 1. The summed E-state index contributed by atoms with van der Waals surface area (Å²) in [6.45, 7) is 1.51. The molecule has 0 saturated carbocycles. The summed E-state index contributed by atoms with van der Waals surface area (Å²) in [7, 11) is 1.35. The number of benzene rings is 1. The van der Waals surface area contributed by atoms with Crippen molar-refractivity contribution < 1.29 is 23.8 Å². The molecule has 0 bridgehead atoms. The molecule has 1 rings (SSSR count). The zero-order valence-corrected chi connectivity index (χ0v) is 9.36. The number of methoxy groups -OCH3 is 1. The molecule has 17 heavy (non-hydrogen) atoms. The van der Waals surface area contributed by atoms with Gasteiger partial charge < -0.3 is 15.2 Å². The highest BCUT2D eigenvalue weighted by Gasteiger charge is 2.16. The van der Waals surface area contributed by atoms with Crippen LogP contribution in [0.1, 0.15) is 17.3 Å². The van der Waals surface area contributed by atoms with Gasteiger partial charge in [0.15, 0.2) is 0 Å². The van der Waals surface area contributed by atoms with Crippen molar-refractivity contribution in [3.63, 3.8) is 0 Å². The molecule has 0 saturated heterocycles. The van der Waals surface area contributed by atoms with Crippen LogP contribution in [-0.4, -0.2) is 30.2 Å². The van der Waals surface area contributed by atoms with Gasteiger partial charge in [-0.1, -0.05) is 0 Å². The fraction of sp³-hybridized carbons (Fsp3) is 0.273. The summed E-state index contributed by atoms with van der Waals surface area (Å²) in [6, 6.07) is 3.11. The fourth-order valence-corrected chi connectivity index (χ4v) is 1.14. The Labute approximate surface area is 97.2 Å². The van der Waals surface area contributed by atoms with Crippen molar-refractivity contribution in [1.29, 1.82) is 0 Å². The van der Waals surface area contributed by atoms with Gasteiger partial charge in [0.05, 0.1) is 11.3 Å². The van der Waals surface area contributed by atoms with Gasteiger partial charge in [0, 0.05) is 7.11 Å².